The number of fused-ring (bicyclic) bond motifs is 1. The van der Waals surface area contributed by atoms with Crippen molar-refractivity contribution in [1.29, 1.82) is 0 Å². The number of halogens is 1. The third kappa shape index (κ3) is 3.97. The molecule has 1 unspecified atom stereocenters. The summed E-state index contributed by atoms with van der Waals surface area (Å²) >= 11 is 0. The number of aromatic nitrogens is 1. The Morgan fingerprint density at radius 3 is 2.34 bits per heavy atom. The second-order valence-corrected chi connectivity index (χ2v) is 9.69. The van der Waals surface area contributed by atoms with Gasteiger partial charge in [-0.15, -0.1) is 0 Å². The third-order valence-electron chi connectivity index (χ3n) is 5.67. The quantitative estimate of drug-likeness (QED) is 0.437. The maximum atomic E-state index is 13.1. The molecule has 0 bridgehead atoms. The second-order valence-electron chi connectivity index (χ2n) is 7.75. The fourth-order valence-corrected chi connectivity index (χ4v) is 5.46. The van der Waals surface area contributed by atoms with Crippen LogP contribution in [0.15, 0.2) is 90.0 Å². The number of sulfonamides is 1. The van der Waals surface area contributed by atoms with Crippen LogP contribution in [0.5, 0.6) is 5.75 Å². The summed E-state index contributed by atoms with van der Waals surface area (Å²) in [5.41, 5.74) is 2.43. The van der Waals surface area contributed by atoms with Crippen LogP contribution in [-0.2, 0) is 10.0 Å². The fraction of sp³-hybridized carbons (Fsp3) is 0.160. The van der Waals surface area contributed by atoms with Gasteiger partial charge in [-0.25, -0.2) is 12.8 Å². The van der Waals surface area contributed by atoms with Crippen LogP contribution in [0.1, 0.15) is 6.42 Å². The molecule has 4 aromatic rings. The van der Waals surface area contributed by atoms with Crippen molar-refractivity contribution in [2.45, 2.75) is 17.4 Å². The van der Waals surface area contributed by atoms with Crippen LogP contribution in [0.3, 0.4) is 0 Å². The van der Waals surface area contributed by atoms with E-state index in [-0.39, 0.29) is 23.4 Å². The summed E-state index contributed by atoms with van der Waals surface area (Å²) in [7, 11) is -3.63. The number of hydrogen-bond donors (Lipinski definition) is 0. The summed E-state index contributed by atoms with van der Waals surface area (Å²) in [4.78, 5) is 4.63. The zero-order valence-electron chi connectivity index (χ0n) is 17.2. The standard InChI is InChI=1S/C25H21FN2O3S/c26-21-10-6-18(7-11-21)19-8-12-23(13-9-19)32(29,30)28-16-14-22(17-28)31-24-5-1-3-20-4-2-15-27-25(20)24/h1-13,15,22H,14,16-17H2. The molecule has 7 heteroatoms. The first kappa shape index (κ1) is 20.6. The Balaban J connectivity index is 1.31. The maximum absolute atomic E-state index is 13.1. The van der Waals surface area contributed by atoms with E-state index in [0.717, 1.165) is 22.0 Å². The highest BCUT2D eigenvalue weighted by molar-refractivity contribution is 7.89. The largest absolute Gasteiger partial charge is 0.487 e. The van der Waals surface area contributed by atoms with Gasteiger partial charge >= 0.3 is 0 Å². The Morgan fingerprint density at radius 2 is 1.59 bits per heavy atom. The molecule has 1 aliphatic heterocycles. The van der Waals surface area contributed by atoms with Gasteiger partial charge in [-0.3, -0.25) is 4.98 Å². The second kappa shape index (κ2) is 8.33. The van der Waals surface area contributed by atoms with Crippen LogP contribution < -0.4 is 4.74 Å². The van der Waals surface area contributed by atoms with E-state index < -0.39 is 10.0 Å². The van der Waals surface area contributed by atoms with Crippen LogP contribution in [-0.4, -0.2) is 36.9 Å². The molecule has 1 saturated heterocycles. The van der Waals surface area contributed by atoms with E-state index in [2.05, 4.69) is 4.98 Å². The summed E-state index contributed by atoms with van der Waals surface area (Å²) in [6.07, 6.45) is 2.09. The summed E-state index contributed by atoms with van der Waals surface area (Å²) in [5, 5.41) is 0.980. The lowest BCUT2D eigenvalue weighted by Crippen LogP contribution is -2.31. The first-order valence-corrected chi connectivity index (χ1v) is 11.8. The Kier molecular flexibility index (Phi) is 5.36. The van der Waals surface area contributed by atoms with Crippen molar-refractivity contribution in [3.05, 3.63) is 90.9 Å². The molecule has 32 heavy (non-hydrogen) atoms. The van der Waals surface area contributed by atoms with E-state index >= 15 is 0 Å². The van der Waals surface area contributed by atoms with Gasteiger partial charge in [0.2, 0.25) is 10.0 Å². The molecule has 1 aliphatic rings. The van der Waals surface area contributed by atoms with Crippen molar-refractivity contribution < 1.29 is 17.5 Å². The molecule has 0 spiro atoms. The van der Waals surface area contributed by atoms with Crippen molar-refractivity contribution in [3.8, 4) is 16.9 Å². The molecule has 3 aromatic carbocycles. The van der Waals surface area contributed by atoms with E-state index in [0.29, 0.717) is 18.7 Å². The minimum absolute atomic E-state index is 0.232. The molecule has 0 radical (unpaired) electrons. The topological polar surface area (TPSA) is 59.5 Å². The number of rotatable bonds is 5. The lowest BCUT2D eigenvalue weighted by molar-refractivity contribution is 0.218. The zero-order valence-corrected chi connectivity index (χ0v) is 18.0. The minimum Gasteiger partial charge on any atom is -0.487 e. The van der Waals surface area contributed by atoms with Crippen molar-refractivity contribution in [1.82, 2.24) is 9.29 Å². The van der Waals surface area contributed by atoms with Crippen molar-refractivity contribution in [3.63, 3.8) is 0 Å². The lowest BCUT2D eigenvalue weighted by Gasteiger charge is -2.18. The highest BCUT2D eigenvalue weighted by Gasteiger charge is 2.34. The number of nitrogens with zero attached hydrogens (tertiary/aromatic N) is 2. The highest BCUT2D eigenvalue weighted by Crippen LogP contribution is 2.29. The molecule has 162 valence electrons. The molecule has 1 atom stereocenters. The number of para-hydroxylation sites is 1. The first-order valence-electron chi connectivity index (χ1n) is 10.4. The summed E-state index contributed by atoms with van der Waals surface area (Å²) < 4.78 is 47.0. The molecule has 0 aliphatic carbocycles. The van der Waals surface area contributed by atoms with E-state index in [9.17, 15) is 12.8 Å². The van der Waals surface area contributed by atoms with Crippen LogP contribution in [0.2, 0.25) is 0 Å². The van der Waals surface area contributed by atoms with E-state index in [1.807, 2.05) is 30.3 Å². The molecule has 5 nitrogen and oxygen atoms in total. The van der Waals surface area contributed by atoms with E-state index in [1.54, 1.807) is 42.6 Å². The van der Waals surface area contributed by atoms with Gasteiger partial charge in [-0.05, 0) is 53.9 Å². The Hall–Kier alpha value is -3.29. The van der Waals surface area contributed by atoms with Crippen LogP contribution in [0.25, 0.3) is 22.0 Å². The molecule has 1 fully saturated rings. The monoisotopic (exact) mass is 448 g/mol. The normalized spacial score (nSPS) is 17.0. The van der Waals surface area contributed by atoms with E-state index in [4.69, 9.17) is 4.74 Å². The molecule has 0 N–H and O–H groups in total. The first-order chi connectivity index (χ1) is 15.5. The van der Waals surface area contributed by atoms with Crippen molar-refractivity contribution >= 4 is 20.9 Å². The number of hydrogen-bond acceptors (Lipinski definition) is 4. The lowest BCUT2D eigenvalue weighted by atomic mass is 10.1. The Bertz CT molecular complexity index is 1350. The molecular weight excluding hydrogens is 427 g/mol. The predicted octanol–water partition coefficient (Wildman–Crippen LogP) is 4.88. The van der Waals surface area contributed by atoms with Gasteiger partial charge in [0.05, 0.1) is 11.4 Å². The summed E-state index contributed by atoms with van der Waals surface area (Å²) in [5.74, 6) is 0.356. The van der Waals surface area contributed by atoms with Crippen LogP contribution >= 0.6 is 0 Å². The van der Waals surface area contributed by atoms with Gasteiger partial charge in [0, 0.05) is 18.1 Å². The van der Waals surface area contributed by atoms with Crippen molar-refractivity contribution in [2.24, 2.45) is 0 Å². The highest BCUT2D eigenvalue weighted by atomic mass is 32.2. The van der Waals surface area contributed by atoms with Gasteiger partial charge in [-0.1, -0.05) is 42.5 Å². The van der Waals surface area contributed by atoms with Gasteiger partial charge in [-0.2, -0.15) is 4.31 Å². The Labute approximate surface area is 186 Å². The fourth-order valence-electron chi connectivity index (χ4n) is 3.97. The average molecular weight is 449 g/mol. The molecule has 1 aromatic heterocycles. The Morgan fingerprint density at radius 1 is 0.906 bits per heavy atom. The molecule has 0 saturated carbocycles. The SMILES string of the molecule is O=S(=O)(c1ccc(-c2ccc(F)cc2)cc1)N1CCC(Oc2cccc3cccnc23)C1. The predicted molar refractivity (Wildman–Crippen MR) is 121 cm³/mol. The van der Waals surface area contributed by atoms with Gasteiger partial charge in [0.15, 0.2) is 0 Å². The van der Waals surface area contributed by atoms with Gasteiger partial charge < -0.3 is 4.74 Å². The summed E-state index contributed by atoms with van der Waals surface area (Å²) in [6.45, 7) is 0.677. The molecule has 0 amide bonds. The average Bonchev–Trinajstić information content (AvgIpc) is 3.29. The maximum Gasteiger partial charge on any atom is 0.243 e. The minimum atomic E-state index is -3.63. The van der Waals surface area contributed by atoms with Gasteiger partial charge in [0.25, 0.3) is 0 Å². The van der Waals surface area contributed by atoms with Gasteiger partial charge in [0.1, 0.15) is 23.2 Å². The number of benzene rings is 3. The van der Waals surface area contributed by atoms with E-state index in [1.165, 1.54) is 16.4 Å². The number of pyridine rings is 1. The van der Waals surface area contributed by atoms with Crippen LogP contribution in [0.4, 0.5) is 4.39 Å². The summed E-state index contributed by atoms with van der Waals surface area (Å²) in [6, 6.07) is 22.4. The smallest absolute Gasteiger partial charge is 0.243 e. The molecule has 5 rings (SSSR count). The third-order valence-corrected chi connectivity index (χ3v) is 7.55. The number of ether oxygens (including phenoxy) is 1. The van der Waals surface area contributed by atoms with Crippen LogP contribution in [0, 0.1) is 5.82 Å². The zero-order chi connectivity index (χ0) is 22.1. The van der Waals surface area contributed by atoms with Crippen molar-refractivity contribution in [2.75, 3.05) is 13.1 Å². The molecular formula is C25H21FN2O3S. The molecule has 2 heterocycles.